The Hall–Kier alpha value is -3.91. The van der Waals surface area contributed by atoms with Gasteiger partial charge in [0, 0.05) is 30.1 Å². The van der Waals surface area contributed by atoms with Crippen LogP contribution in [0.3, 0.4) is 0 Å². The van der Waals surface area contributed by atoms with E-state index in [1.165, 1.54) is 0 Å². The molecule has 3 heterocycles. The van der Waals surface area contributed by atoms with Gasteiger partial charge in [0.2, 0.25) is 16.1 Å². The first-order valence-corrected chi connectivity index (χ1v) is 11.7. The zero-order valence-corrected chi connectivity index (χ0v) is 19.9. The number of fused-ring (bicyclic) bond motifs is 1. The Labute approximate surface area is 200 Å². The highest BCUT2D eigenvalue weighted by molar-refractivity contribution is 7.80. The van der Waals surface area contributed by atoms with Crippen molar-refractivity contribution in [1.29, 1.82) is 0 Å². The number of nitrogens with zero attached hydrogens (tertiary/aromatic N) is 5. The van der Waals surface area contributed by atoms with Crippen LogP contribution in [0.1, 0.15) is 5.69 Å². The highest BCUT2D eigenvalue weighted by Gasteiger charge is 2.24. The lowest BCUT2D eigenvalue weighted by atomic mass is 10.1. The van der Waals surface area contributed by atoms with Gasteiger partial charge in [-0.05, 0) is 19.1 Å². The van der Waals surface area contributed by atoms with Gasteiger partial charge in [-0.2, -0.15) is 14.9 Å². The first kappa shape index (κ1) is 24.2. The highest BCUT2D eigenvalue weighted by Crippen LogP contribution is 2.22. The van der Waals surface area contributed by atoms with Crippen LogP contribution in [0.2, 0.25) is 0 Å². The van der Waals surface area contributed by atoms with E-state index in [2.05, 4.69) is 19.5 Å². The number of aryl methyl sites for hydroxylation is 1. The number of hydrogen-bond donors (Lipinski definition) is 1. The Kier molecular flexibility index (Phi) is 6.75. The molecule has 13 heteroatoms. The Morgan fingerprint density at radius 3 is 2.46 bits per heavy atom. The SMILES string of the molecule is COS(=O)(=O)[O-].Cc1nn(-c2ccc3cc([NH+]4CN(C)C=N4)c(=O)oc3c2)nc1-c1ccccc1. The smallest absolute Gasteiger partial charge is 0.400 e. The zero-order chi connectivity index (χ0) is 25.2. The van der Waals surface area contributed by atoms with Crippen molar-refractivity contribution in [3.63, 3.8) is 0 Å². The Bertz CT molecular complexity index is 1550. The number of rotatable bonds is 4. The van der Waals surface area contributed by atoms with Crippen molar-refractivity contribution in [1.82, 2.24) is 19.9 Å². The maximum absolute atomic E-state index is 12.5. The summed E-state index contributed by atoms with van der Waals surface area (Å²) in [6, 6.07) is 17.3. The van der Waals surface area contributed by atoms with Crippen LogP contribution in [0.5, 0.6) is 0 Å². The van der Waals surface area contributed by atoms with E-state index in [0.29, 0.717) is 22.9 Å². The molecular formula is C22H22N6O6S. The van der Waals surface area contributed by atoms with E-state index in [1.54, 1.807) is 17.2 Å². The standard InChI is InChI=1S/C21H18N6O2.CH4O4S/c1-14-20(15-6-4-3-5-7-15)24-27(23-14)17-9-8-16-10-18(21(28)29-19(16)11-17)26-13-25(2)12-22-26;1-5-6(2,3)4/h3-12H,13H2,1-2H3;1H3,(H,2,3,4). The molecule has 1 N–H and O–H groups in total. The van der Waals surface area contributed by atoms with Crippen molar-refractivity contribution in [3.05, 3.63) is 70.7 Å². The molecule has 2 aromatic heterocycles. The molecule has 1 aliphatic heterocycles. The summed E-state index contributed by atoms with van der Waals surface area (Å²) in [7, 11) is -1.69. The third-order valence-corrected chi connectivity index (χ3v) is 5.51. The molecule has 0 fully saturated rings. The van der Waals surface area contributed by atoms with Crippen LogP contribution in [0.4, 0.5) is 5.69 Å². The largest absolute Gasteiger partial charge is 0.726 e. The molecule has 1 aliphatic rings. The Morgan fingerprint density at radius 1 is 1.11 bits per heavy atom. The lowest BCUT2D eigenvalue weighted by Gasteiger charge is -2.09. The molecule has 0 saturated carbocycles. The maximum atomic E-state index is 12.5. The highest BCUT2D eigenvalue weighted by atomic mass is 32.3. The van der Waals surface area contributed by atoms with Gasteiger partial charge < -0.3 is 13.9 Å². The van der Waals surface area contributed by atoms with Gasteiger partial charge in [0.1, 0.15) is 11.3 Å². The number of nitrogens with one attached hydrogen (secondary N) is 1. The molecule has 0 bridgehead atoms. The summed E-state index contributed by atoms with van der Waals surface area (Å²) in [5.74, 6) is 0. The number of quaternary nitrogens is 1. The van der Waals surface area contributed by atoms with Crippen molar-refractivity contribution in [3.8, 4) is 16.9 Å². The van der Waals surface area contributed by atoms with Crippen molar-refractivity contribution in [2.75, 3.05) is 20.8 Å². The molecule has 0 amide bonds. The number of benzene rings is 2. The summed E-state index contributed by atoms with van der Waals surface area (Å²) < 4.78 is 36.6. The predicted octanol–water partition coefficient (Wildman–Crippen LogP) is 0.805. The van der Waals surface area contributed by atoms with Crippen molar-refractivity contribution in [2.45, 2.75) is 6.92 Å². The summed E-state index contributed by atoms with van der Waals surface area (Å²) in [5.41, 5.74) is 3.97. The van der Waals surface area contributed by atoms with Crippen molar-refractivity contribution < 1.29 is 26.6 Å². The fraction of sp³-hybridized carbons (Fsp3) is 0.182. The third-order valence-electron chi connectivity index (χ3n) is 5.10. The van der Waals surface area contributed by atoms with Crippen LogP contribution in [-0.2, 0) is 14.6 Å². The van der Waals surface area contributed by atoms with E-state index in [-0.39, 0.29) is 0 Å². The average molecular weight is 499 g/mol. The van der Waals surface area contributed by atoms with E-state index in [4.69, 9.17) is 4.42 Å². The molecule has 1 atom stereocenters. The molecule has 35 heavy (non-hydrogen) atoms. The summed E-state index contributed by atoms with van der Waals surface area (Å²) >= 11 is 0. The lowest BCUT2D eigenvalue weighted by Crippen LogP contribution is -3.02. The van der Waals surface area contributed by atoms with Gasteiger partial charge in [0.05, 0.1) is 18.5 Å². The number of aromatic nitrogens is 3. The van der Waals surface area contributed by atoms with Crippen LogP contribution in [-0.4, -0.2) is 60.0 Å². The maximum Gasteiger partial charge on any atom is 0.400 e. The fourth-order valence-corrected chi connectivity index (χ4v) is 3.42. The van der Waals surface area contributed by atoms with Crippen LogP contribution in [0.25, 0.3) is 27.9 Å². The lowest BCUT2D eigenvalue weighted by molar-refractivity contribution is -0.841. The van der Waals surface area contributed by atoms with Crippen LogP contribution < -0.4 is 10.6 Å². The van der Waals surface area contributed by atoms with E-state index in [9.17, 15) is 17.8 Å². The molecule has 1 unspecified atom stereocenters. The molecule has 182 valence electrons. The third kappa shape index (κ3) is 5.60. The second kappa shape index (κ2) is 9.76. The van der Waals surface area contributed by atoms with E-state index >= 15 is 0 Å². The molecule has 5 rings (SSSR count). The zero-order valence-electron chi connectivity index (χ0n) is 19.1. The fourth-order valence-electron chi connectivity index (χ4n) is 3.42. The second-order valence-corrected chi connectivity index (χ2v) is 8.79. The predicted molar refractivity (Wildman–Crippen MR) is 126 cm³/mol. The topological polar surface area (TPSA) is 147 Å². The molecular weight excluding hydrogens is 476 g/mol. The normalized spacial score (nSPS) is 15.3. The molecule has 0 spiro atoms. The van der Waals surface area contributed by atoms with Crippen LogP contribution in [0.15, 0.2) is 68.9 Å². The van der Waals surface area contributed by atoms with Crippen LogP contribution >= 0.6 is 0 Å². The van der Waals surface area contributed by atoms with Gasteiger partial charge in [-0.3, -0.25) is 4.18 Å². The van der Waals surface area contributed by atoms with Crippen LogP contribution in [0, 0.1) is 6.92 Å². The van der Waals surface area contributed by atoms with E-state index in [1.807, 2.05) is 67.4 Å². The van der Waals surface area contributed by atoms with Gasteiger partial charge in [0.15, 0.2) is 13.0 Å². The first-order chi connectivity index (χ1) is 16.6. The second-order valence-electron chi connectivity index (χ2n) is 7.64. The monoisotopic (exact) mass is 498 g/mol. The number of hydrogen-bond acceptors (Lipinski definition) is 10. The molecule has 2 aromatic carbocycles. The van der Waals surface area contributed by atoms with Gasteiger partial charge in [-0.1, -0.05) is 35.4 Å². The summed E-state index contributed by atoms with van der Waals surface area (Å²) in [6.07, 6.45) is 1.71. The summed E-state index contributed by atoms with van der Waals surface area (Å²) in [5, 5.41) is 15.0. The molecule has 0 saturated heterocycles. The first-order valence-electron chi connectivity index (χ1n) is 10.3. The Morgan fingerprint density at radius 2 is 1.83 bits per heavy atom. The minimum atomic E-state index is -4.41. The van der Waals surface area contributed by atoms with Gasteiger partial charge in [-0.25, -0.2) is 13.2 Å². The van der Waals surface area contributed by atoms with Crippen molar-refractivity contribution >= 4 is 33.4 Å². The molecule has 12 nitrogen and oxygen atoms in total. The van der Waals surface area contributed by atoms with Gasteiger partial charge >= 0.3 is 5.63 Å². The minimum Gasteiger partial charge on any atom is -0.726 e. The molecule has 0 radical (unpaired) electrons. The van der Waals surface area contributed by atoms with E-state index < -0.39 is 16.0 Å². The Balaban J connectivity index is 0.000000431. The summed E-state index contributed by atoms with van der Waals surface area (Å²) in [4.78, 5) is 16.0. The average Bonchev–Trinajstić information content (AvgIpc) is 3.44. The van der Waals surface area contributed by atoms with Gasteiger partial charge in [-0.15, -0.1) is 5.10 Å². The molecule has 0 aliphatic carbocycles. The minimum absolute atomic E-state index is 0.397. The van der Waals surface area contributed by atoms with Crippen molar-refractivity contribution in [2.24, 2.45) is 5.10 Å². The summed E-state index contributed by atoms with van der Waals surface area (Å²) in [6.45, 7) is 2.52. The quantitative estimate of drug-likeness (QED) is 0.245. The van der Waals surface area contributed by atoms with Gasteiger partial charge in [0.25, 0.3) is 0 Å². The molecule has 4 aromatic rings. The van der Waals surface area contributed by atoms with E-state index in [0.717, 1.165) is 35.1 Å².